The number of benzene rings is 2. The minimum absolute atomic E-state index is 0.140. The second-order valence-corrected chi connectivity index (χ2v) is 6.05. The molecule has 0 radical (unpaired) electrons. The van der Waals surface area contributed by atoms with Crippen molar-refractivity contribution >= 4 is 28.6 Å². The summed E-state index contributed by atoms with van der Waals surface area (Å²) in [6.45, 7) is 3.97. The average Bonchev–Trinajstić information content (AvgIpc) is 2.90. The molecule has 0 spiro atoms. The molecule has 106 valence electrons. The second-order valence-electron chi connectivity index (χ2n) is 5.09. The zero-order valence-electron chi connectivity index (χ0n) is 12.0. The fourth-order valence-corrected chi connectivity index (χ4v) is 3.01. The van der Waals surface area contributed by atoms with Crippen molar-refractivity contribution in [3.63, 3.8) is 0 Å². The van der Waals surface area contributed by atoms with Crippen LogP contribution < -0.4 is 0 Å². The normalized spacial score (nSPS) is 11.0. The number of hydrogen-bond acceptors (Lipinski definition) is 3. The molecule has 0 saturated carbocycles. The number of Topliss-reactive ketones (excluding diaryl/α,β-unsaturated/α-hetero) is 1. The van der Waals surface area contributed by atoms with Crippen molar-refractivity contribution in [2.24, 2.45) is 0 Å². The molecule has 0 atom stereocenters. The van der Waals surface area contributed by atoms with Gasteiger partial charge in [0.05, 0.1) is 16.8 Å². The lowest BCUT2D eigenvalue weighted by Crippen LogP contribution is -2.05. The summed E-state index contributed by atoms with van der Waals surface area (Å²) in [5.41, 5.74) is 4.87. The van der Waals surface area contributed by atoms with Gasteiger partial charge in [0.2, 0.25) is 0 Å². The molecule has 1 aromatic heterocycles. The van der Waals surface area contributed by atoms with E-state index in [1.165, 1.54) is 11.8 Å². The smallest absolute Gasteiger partial charge is 0.173 e. The Kier molecular flexibility index (Phi) is 3.80. The van der Waals surface area contributed by atoms with Gasteiger partial charge in [-0.15, -0.1) is 0 Å². The molecule has 3 aromatic rings. The standard InChI is InChI=1S/C17H16N2OS/c1-11-7-8-12(2)13(9-11)16(20)10-21-17-18-14-5-3-4-6-15(14)19-17/h3-9H,10H2,1-2H3,(H,18,19). The fraction of sp³-hybridized carbons (Fsp3) is 0.176. The Hall–Kier alpha value is -2.07. The molecular weight excluding hydrogens is 280 g/mol. The molecular formula is C17H16N2OS. The summed E-state index contributed by atoms with van der Waals surface area (Å²) in [6.07, 6.45) is 0. The zero-order chi connectivity index (χ0) is 14.8. The number of carbonyl (C=O) groups is 1. The lowest BCUT2D eigenvalue weighted by atomic mass is 10.0. The minimum atomic E-state index is 0.140. The molecule has 0 aliphatic carbocycles. The first-order valence-electron chi connectivity index (χ1n) is 6.81. The lowest BCUT2D eigenvalue weighted by Gasteiger charge is -2.05. The van der Waals surface area contributed by atoms with E-state index in [-0.39, 0.29) is 5.78 Å². The monoisotopic (exact) mass is 296 g/mol. The number of imidazole rings is 1. The Morgan fingerprint density at radius 3 is 2.81 bits per heavy atom. The Bertz CT molecular complexity index is 774. The molecule has 2 aromatic carbocycles. The number of fused-ring (bicyclic) bond motifs is 1. The van der Waals surface area contributed by atoms with Crippen LogP contribution in [0.4, 0.5) is 0 Å². The number of ketones is 1. The quantitative estimate of drug-likeness (QED) is 0.581. The molecule has 0 amide bonds. The number of rotatable bonds is 4. The lowest BCUT2D eigenvalue weighted by molar-refractivity contribution is 0.102. The van der Waals surface area contributed by atoms with Crippen LogP contribution in [0.25, 0.3) is 11.0 Å². The summed E-state index contributed by atoms with van der Waals surface area (Å²) >= 11 is 1.45. The minimum Gasteiger partial charge on any atom is -0.333 e. The number of nitrogens with one attached hydrogen (secondary N) is 1. The number of para-hydroxylation sites is 2. The molecule has 3 rings (SSSR count). The van der Waals surface area contributed by atoms with Crippen molar-refractivity contribution in [1.29, 1.82) is 0 Å². The van der Waals surface area contributed by atoms with Gasteiger partial charge in [0.25, 0.3) is 0 Å². The van der Waals surface area contributed by atoms with Gasteiger partial charge in [-0.25, -0.2) is 4.98 Å². The highest BCUT2D eigenvalue weighted by Crippen LogP contribution is 2.21. The molecule has 0 aliphatic rings. The first-order chi connectivity index (χ1) is 10.1. The topological polar surface area (TPSA) is 45.8 Å². The highest BCUT2D eigenvalue weighted by atomic mass is 32.2. The average molecular weight is 296 g/mol. The molecule has 1 N–H and O–H groups in total. The van der Waals surface area contributed by atoms with Crippen LogP contribution >= 0.6 is 11.8 Å². The van der Waals surface area contributed by atoms with Crippen LogP contribution in [0.2, 0.25) is 0 Å². The first kappa shape index (κ1) is 13.9. The van der Waals surface area contributed by atoms with E-state index in [4.69, 9.17) is 0 Å². The number of hydrogen-bond donors (Lipinski definition) is 1. The number of aryl methyl sites for hydroxylation is 2. The summed E-state index contributed by atoms with van der Waals surface area (Å²) in [5, 5.41) is 0.787. The van der Waals surface area contributed by atoms with Gasteiger partial charge in [-0.1, -0.05) is 41.6 Å². The fourth-order valence-electron chi connectivity index (χ4n) is 2.25. The van der Waals surface area contributed by atoms with Crippen LogP contribution in [0.1, 0.15) is 21.5 Å². The predicted molar refractivity (Wildman–Crippen MR) is 87.1 cm³/mol. The Morgan fingerprint density at radius 1 is 1.19 bits per heavy atom. The maximum atomic E-state index is 12.3. The molecule has 3 nitrogen and oxygen atoms in total. The summed E-state index contributed by atoms with van der Waals surface area (Å²) < 4.78 is 0. The number of aromatic amines is 1. The van der Waals surface area contributed by atoms with E-state index in [1.807, 2.05) is 56.3 Å². The molecule has 21 heavy (non-hydrogen) atoms. The van der Waals surface area contributed by atoms with Gasteiger partial charge in [-0.05, 0) is 37.6 Å². The van der Waals surface area contributed by atoms with Crippen LogP contribution in [0.3, 0.4) is 0 Å². The van der Waals surface area contributed by atoms with Crippen LogP contribution in [-0.4, -0.2) is 21.5 Å². The first-order valence-corrected chi connectivity index (χ1v) is 7.80. The largest absolute Gasteiger partial charge is 0.333 e. The van der Waals surface area contributed by atoms with Crippen molar-refractivity contribution in [3.8, 4) is 0 Å². The third-order valence-electron chi connectivity index (χ3n) is 3.40. The molecule has 0 aliphatic heterocycles. The van der Waals surface area contributed by atoms with Crippen LogP contribution in [-0.2, 0) is 0 Å². The van der Waals surface area contributed by atoms with E-state index in [0.717, 1.165) is 32.9 Å². The van der Waals surface area contributed by atoms with Gasteiger partial charge in [-0.2, -0.15) is 0 Å². The third-order valence-corrected chi connectivity index (χ3v) is 4.27. The Balaban J connectivity index is 1.74. The van der Waals surface area contributed by atoms with Gasteiger partial charge in [0.1, 0.15) is 0 Å². The van der Waals surface area contributed by atoms with Crippen molar-refractivity contribution in [2.45, 2.75) is 19.0 Å². The number of aromatic nitrogens is 2. The summed E-state index contributed by atoms with van der Waals surface area (Å²) in [6, 6.07) is 13.8. The van der Waals surface area contributed by atoms with E-state index >= 15 is 0 Å². The van der Waals surface area contributed by atoms with Crippen LogP contribution in [0, 0.1) is 13.8 Å². The summed E-state index contributed by atoms with van der Waals surface area (Å²) in [7, 11) is 0. The number of H-pyrrole nitrogens is 1. The van der Waals surface area contributed by atoms with Crippen LogP contribution in [0.15, 0.2) is 47.6 Å². The number of nitrogens with zero attached hydrogens (tertiary/aromatic N) is 1. The molecule has 4 heteroatoms. The SMILES string of the molecule is Cc1ccc(C)c(C(=O)CSc2nc3ccccc3[nH]2)c1. The summed E-state index contributed by atoms with van der Waals surface area (Å²) in [4.78, 5) is 20.0. The molecule has 1 heterocycles. The maximum absolute atomic E-state index is 12.3. The van der Waals surface area contributed by atoms with E-state index in [9.17, 15) is 4.79 Å². The highest BCUT2D eigenvalue weighted by Gasteiger charge is 2.11. The van der Waals surface area contributed by atoms with Gasteiger partial charge in [-0.3, -0.25) is 4.79 Å². The molecule has 0 fully saturated rings. The van der Waals surface area contributed by atoms with Crippen molar-refractivity contribution < 1.29 is 4.79 Å². The van der Waals surface area contributed by atoms with Gasteiger partial charge < -0.3 is 4.98 Å². The number of carbonyl (C=O) groups excluding carboxylic acids is 1. The van der Waals surface area contributed by atoms with E-state index < -0.39 is 0 Å². The Morgan fingerprint density at radius 2 is 2.00 bits per heavy atom. The maximum Gasteiger partial charge on any atom is 0.173 e. The summed E-state index contributed by atoms with van der Waals surface area (Å²) in [5.74, 6) is 0.533. The Labute approximate surface area is 127 Å². The molecule has 0 bridgehead atoms. The van der Waals surface area contributed by atoms with Gasteiger partial charge >= 0.3 is 0 Å². The molecule has 0 saturated heterocycles. The predicted octanol–water partition coefficient (Wildman–Crippen LogP) is 4.15. The highest BCUT2D eigenvalue weighted by molar-refractivity contribution is 7.99. The van der Waals surface area contributed by atoms with Crippen molar-refractivity contribution in [1.82, 2.24) is 9.97 Å². The number of thioether (sulfide) groups is 1. The van der Waals surface area contributed by atoms with Gasteiger partial charge in [0.15, 0.2) is 10.9 Å². The van der Waals surface area contributed by atoms with E-state index in [2.05, 4.69) is 9.97 Å². The van der Waals surface area contributed by atoms with Crippen molar-refractivity contribution in [2.75, 3.05) is 5.75 Å². The molecule has 0 unspecified atom stereocenters. The van der Waals surface area contributed by atoms with Crippen molar-refractivity contribution in [3.05, 3.63) is 59.2 Å². The zero-order valence-corrected chi connectivity index (χ0v) is 12.8. The van der Waals surface area contributed by atoms with E-state index in [1.54, 1.807) is 0 Å². The van der Waals surface area contributed by atoms with Gasteiger partial charge in [0, 0.05) is 5.56 Å². The van der Waals surface area contributed by atoms with Crippen LogP contribution in [0.5, 0.6) is 0 Å². The third kappa shape index (κ3) is 3.00. The second kappa shape index (κ2) is 5.74. The van der Waals surface area contributed by atoms with E-state index in [0.29, 0.717) is 5.75 Å².